The molecule has 0 radical (unpaired) electrons. The van der Waals surface area contributed by atoms with E-state index in [1.165, 1.54) is 6.33 Å². The van der Waals surface area contributed by atoms with Gasteiger partial charge in [-0.2, -0.15) is 0 Å². The highest BCUT2D eigenvalue weighted by atomic mass is 32.2. The average molecular weight is 458 g/mol. The molecule has 1 aromatic carbocycles. The third-order valence-corrected chi connectivity index (χ3v) is 7.27. The van der Waals surface area contributed by atoms with E-state index in [1.807, 2.05) is 24.3 Å². The van der Waals surface area contributed by atoms with Crippen molar-refractivity contribution in [2.24, 2.45) is 0 Å². The highest BCUT2D eigenvalue weighted by Crippen LogP contribution is 2.33. The van der Waals surface area contributed by atoms with E-state index in [9.17, 15) is 15.3 Å². The van der Waals surface area contributed by atoms with Crippen LogP contribution in [0.4, 0.5) is 0 Å². The van der Waals surface area contributed by atoms with Gasteiger partial charge in [0.05, 0.1) is 12.4 Å². The molecule has 2 aliphatic heterocycles. The minimum absolute atomic E-state index is 0.477. The van der Waals surface area contributed by atoms with Crippen molar-refractivity contribution in [2.75, 3.05) is 13.1 Å². The molecule has 32 heavy (non-hydrogen) atoms. The van der Waals surface area contributed by atoms with Gasteiger partial charge in [-0.3, -0.25) is 9.47 Å². The van der Waals surface area contributed by atoms with Crippen LogP contribution in [0.5, 0.6) is 0 Å². The van der Waals surface area contributed by atoms with Gasteiger partial charge < -0.3 is 20.1 Å². The maximum absolute atomic E-state index is 10.5. The number of rotatable bonds is 6. The van der Waals surface area contributed by atoms with Crippen LogP contribution in [-0.4, -0.2) is 71.1 Å². The van der Waals surface area contributed by atoms with E-state index in [0.717, 1.165) is 42.1 Å². The zero-order valence-electron chi connectivity index (χ0n) is 17.8. The molecule has 2 aromatic heterocycles. The summed E-state index contributed by atoms with van der Waals surface area (Å²) >= 11 is 1.55. The second-order valence-electron chi connectivity index (χ2n) is 8.36. The Hall–Kier alpha value is -2.08. The van der Waals surface area contributed by atoms with Crippen LogP contribution in [0.15, 0.2) is 41.9 Å². The van der Waals surface area contributed by atoms with Crippen molar-refractivity contribution in [3.63, 3.8) is 0 Å². The Kier molecular flexibility index (Phi) is 6.15. The molecule has 10 heteroatoms. The van der Waals surface area contributed by atoms with Crippen molar-refractivity contribution < 1.29 is 20.1 Å². The molecule has 0 saturated carbocycles. The molecule has 0 bridgehead atoms. The fourth-order valence-corrected chi connectivity index (χ4v) is 5.21. The number of hydrogen-bond donors (Lipinski definition) is 3. The Morgan fingerprint density at radius 3 is 2.53 bits per heavy atom. The first kappa shape index (κ1) is 21.7. The van der Waals surface area contributed by atoms with E-state index in [2.05, 4.69) is 19.9 Å². The molecule has 1 unspecified atom stereocenters. The quantitative estimate of drug-likeness (QED) is 0.376. The minimum Gasteiger partial charge on any atom is -0.388 e. The van der Waals surface area contributed by atoms with Gasteiger partial charge in [0.25, 0.3) is 0 Å². The molecule has 3 aromatic rings. The Bertz CT molecular complexity index is 1070. The van der Waals surface area contributed by atoms with E-state index >= 15 is 0 Å². The van der Waals surface area contributed by atoms with Gasteiger partial charge in [-0.05, 0) is 30.9 Å². The maximum Gasteiger partial charge on any atom is 0.166 e. The first-order chi connectivity index (χ1) is 15.5. The lowest BCUT2D eigenvalue weighted by molar-refractivity contribution is -0.0299. The summed E-state index contributed by atoms with van der Waals surface area (Å²) in [4.78, 5) is 15.3. The summed E-state index contributed by atoms with van der Waals surface area (Å²) in [6.45, 7) is 3.60. The van der Waals surface area contributed by atoms with Gasteiger partial charge in [-0.1, -0.05) is 36.0 Å². The number of fused-ring (bicyclic) bond motifs is 1. The predicted molar refractivity (Wildman–Crippen MR) is 119 cm³/mol. The second-order valence-corrected chi connectivity index (χ2v) is 9.33. The molecular weight excluding hydrogens is 430 g/mol. The molecule has 2 saturated heterocycles. The topological polar surface area (TPSA) is 117 Å². The normalized spacial score (nSPS) is 27.4. The van der Waals surface area contributed by atoms with Crippen LogP contribution in [0.2, 0.25) is 0 Å². The maximum atomic E-state index is 10.5. The lowest BCUT2D eigenvalue weighted by Gasteiger charge is -2.22. The third-order valence-electron chi connectivity index (χ3n) is 6.22. The summed E-state index contributed by atoms with van der Waals surface area (Å²) in [6, 6.07) is 8.02. The van der Waals surface area contributed by atoms with E-state index in [4.69, 9.17) is 4.74 Å². The first-order valence-corrected chi connectivity index (χ1v) is 11.8. The van der Waals surface area contributed by atoms with Crippen molar-refractivity contribution in [2.45, 2.75) is 61.3 Å². The number of likely N-dealkylation sites (tertiary alicyclic amines) is 1. The molecule has 3 N–H and O–H groups in total. The van der Waals surface area contributed by atoms with Crippen LogP contribution in [-0.2, 0) is 10.5 Å². The molecule has 4 heterocycles. The Morgan fingerprint density at radius 2 is 1.84 bits per heavy atom. The summed E-state index contributed by atoms with van der Waals surface area (Å²) in [5.41, 5.74) is 3.21. The number of ether oxygens (including phenoxy) is 1. The van der Waals surface area contributed by atoms with Gasteiger partial charge in [0.2, 0.25) is 0 Å². The smallest absolute Gasteiger partial charge is 0.166 e. The number of imidazole rings is 1. The van der Waals surface area contributed by atoms with Crippen molar-refractivity contribution in [1.29, 1.82) is 0 Å². The Labute approximate surface area is 190 Å². The second kappa shape index (κ2) is 9.05. The fourth-order valence-electron chi connectivity index (χ4n) is 4.31. The molecule has 2 fully saturated rings. The van der Waals surface area contributed by atoms with Crippen molar-refractivity contribution in [3.05, 3.63) is 48.0 Å². The number of benzene rings is 1. The molecule has 5 rings (SSSR count). The van der Waals surface area contributed by atoms with Crippen molar-refractivity contribution in [3.8, 4) is 0 Å². The summed E-state index contributed by atoms with van der Waals surface area (Å²) < 4.78 is 7.35. The number of thioether (sulfide) groups is 1. The van der Waals surface area contributed by atoms with Crippen molar-refractivity contribution >= 4 is 22.9 Å². The van der Waals surface area contributed by atoms with Crippen LogP contribution in [0.25, 0.3) is 11.2 Å². The largest absolute Gasteiger partial charge is 0.388 e. The highest BCUT2D eigenvalue weighted by molar-refractivity contribution is 7.98. The molecule has 0 spiro atoms. The van der Waals surface area contributed by atoms with Gasteiger partial charge in [0, 0.05) is 18.8 Å². The monoisotopic (exact) mass is 457 g/mol. The molecule has 2 aliphatic rings. The lowest BCUT2D eigenvalue weighted by atomic mass is 10.1. The van der Waals surface area contributed by atoms with E-state index in [1.54, 1.807) is 29.6 Å². The summed E-state index contributed by atoms with van der Waals surface area (Å²) in [5, 5.41) is 31.6. The standard InChI is InChI=1S/C22H27N5O4S/c1-13-17(28)18(29)22(31-13)27-12-25-16-19(27)23-11-24-20(16)32-10-14-4-6-15(7-5-14)21(30)26-8-2-3-9-26/h4-7,11-13,17-18,21-22,28-30H,2-3,8-10H2,1H3/t13-,17-,18-,21?,22-/m1/s1. The third kappa shape index (κ3) is 4.02. The van der Waals surface area contributed by atoms with Gasteiger partial charge in [0.15, 0.2) is 11.9 Å². The number of aliphatic hydroxyl groups is 3. The van der Waals surface area contributed by atoms with Crippen LogP contribution < -0.4 is 0 Å². The van der Waals surface area contributed by atoms with E-state index < -0.39 is 30.8 Å². The molecule has 9 nitrogen and oxygen atoms in total. The highest BCUT2D eigenvalue weighted by Gasteiger charge is 2.42. The number of aromatic nitrogens is 4. The summed E-state index contributed by atoms with van der Waals surface area (Å²) in [7, 11) is 0. The fraction of sp³-hybridized carbons (Fsp3) is 0.500. The van der Waals surface area contributed by atoms with Gasteiger partial charge in [-0.25, -0.2) is 15.0 Å². The summed E-state index contributed by atoms with van der Waals surface area (Å²) in [5.74, 6) is 0.692. The van der Waals surface area contributed by atoms with Gasteiger partial charge >= 0.3 is 0 Å². The zero-order valence-corrected chi connectivity index (χ0v) is 18.6. The average Bonchev–Trinajstić information content (AvgIpc) is 3.55. The van der Waals surface area contributed by atoms with E-state index in [0.29, 0.717) is 16.9 Å². The van der Waals surface area contributed by atoms with Crippen LogP contribution in [0.1, 0.15) is 43.3 Å². The molecule has 0 aliphatic carbocycles. The number of aliphatic hydroxyl groups excluding tert-OH is 3. The SMILES string of the molecule is C[C@H]1O[C@@H](n2cnc3c(SCc4ccc(C(O)N5CCCC5)cc4)ncnc32)[C@H](O)[C@@H]1O. The molecule has 170 valence electrons. The number of nitrogens with zero attached hydrogens (tertiary/aromatic N) is 5. The predicted octanol–water partition coefficient (Wildman–Crippen LogP) is 1.84. The van der Waals surface area contributed by atoms with Crippen LogP contribution in [0.3, 0.4) is 0 Å². The summed E-state index contributed by atoms with van der Waals surface area (Å²) in [6.07, 6.45) is 1.54. The molecule has 5 atom stereocenters. The molecule has 0 amide bonds. The van der Waals surface area contributed by atoms with Gasteiger partial charge in [-0.15, -0.1) is 0 Å². The zero-order chi connectivity index (χ0) is 22.2. The van der Waals surface area contributed by atoms with Crippen molar-refractivity contribution in [1.82, 2.24) is 24.4 Å². The Morgan fingerprint density at radius 1 is 1.09 bits per heavy atom. The number of hydrogen-bond acceptors (Lipinski definition) is 9. The van der Waals surface area contributed by atoms with Crippen LogP contribution >= 0.6 is 11.8 Å². The van der Waals surface area contributed by atoms with Crippen LogP contribution in [0, 0.1) is 0 Å². The van der Waals surface area contributed by atoms with Gasteiger partial charge in [0.1, 0.15) is 35.3 Å². The molecular formula is C22H27N5O4S. The lowest BCUT2D eigenvalue weighted by Crippen LogP contribution is -2.30. The minimum atomic E-state index is -1.05. The first-order valence-electron chi connectivity index (χ1n) is 10.9. The Balaban J connectivity index is 1.29. The van der Waals surface area contributed by atoms with E-state index in [-0.39, 0.29) is 0 Å².